The van der Waals surface area contributed by atoms with Gasteiger partial charge in [-0.15, -0.1) is 0 Å². The Morgan fingerprint density at radius 2 is 2.31 bits per heavy atom. The van der Waals surface area contributed by atoms with E-state index in [0.29, 0.717) is 29.9 Å². The minimum atomic E-state index is -0.555. The molecule has 1 aliphatic rings. The fraction of sp³-hybridized carbons (Fsp3) is 0.455. The third kappa shape index (κ3) is 2.72. The van der Waals surface area contributed by atoms with E-state index in [0.717, 1.165) is 0 Å². The van der Waals surface area contributed by atoms with Gasteiger partial charge < -0.3 is 14.6 Å². The summed E-state index contributed by atoms with van der Waals surface area (Å²) in [4.78, 5) is 0. The molecule has 0 aromatic heterocycles. The zero-order chi connectivity index (χ0) is 11.5. The lowest BCUT2D eigenvalue weighted by Gasteiger charge is -2.28. The number of aliphatic hydroxyl groups is 1. The van der Waals surface area contributed by atoms with Crippen molar-refractivity contribution < 1.29 is 19.0 Å². The number of ether oxygens (including phenoxy) is 2. The molecule has 0 amide bonds. The van der Waals surface area contributed by atoms with Gasteiger partial charge >= 0.3 is 0 Å². The van der Waals surface area contributed by atoms with Crippen LogP contribution in [0.4, 0.5) is 4.39 Å². The van der Waals surface area contributed by atoms with Crippen LogP contribution in [0.3, 0.4) is 0 Å². The van der Waals surface area contributed by atoms with Crippen molar-refractivity contribution in [2.75, 3.05) is 13.2 Å². The van der Waals surface area contributed by atoms with Crippen molar-refractivity contribution in [2.24, 2.45) is 0 Å². The van der Waals surface area contributed by atoms with E-state index < -0.39 is 12.2 Å². The highest BCUT2D eigenvalue weighted by Gasteiger charge is 2.25. The summed E-state index contributed by atoms with van der Waals surface area (Å²) < 4.78 is 24.3. The molecular weight excluding hydrogens is 279 g/mol. The van der Waals surface area contributed by atoms with Gasteiger partial charge in [0.05, 0.1) is 17.2 Å². The van der Waals surface area contributed by atoms with Crippen LogP contribution in [-0.4, -0.2) is 30.5 Å². The van der Waals surface area contributed by atoms with Crippen molar-refractivity contribution >= 4 is 15.9 Å². The van der Waals surface area contributed by atoms with E-state index in [-0.39, 0.29) is 5.82 Å². The Morgan fingerprint density at radius 3 is 3.00 bits per heavy atom. The Morgan fingerprint density at radius 1 is 1.50 bits per heavy atom. The van der Waals surface area contributed by atoms with E-state index in [2.05, 4.69) is 15.9 Å². The summed E-state index contributed by atoms with van der Waals surface area (Å²) in [5.74, 6) is 0.0129. The first-order chi connectivity index (χ1) is 7.66. The van der Waals surface area contributed by atoms with Crippen LogP contribution in [-0.2, 0) is 4.74 Å². The van der Waals surface area contributed by atoms with Crippen LogP contribution >= 0.6 is 15.9 Å². The van der Waals surface area contributed by atoms with Crippen LogP contribution in [0.25, 0.3) is 0 Å². The number of aliphatic hydroxyl groups excluding tert-OH is 1. The van der Waals surface area contributed by atoms with E-state index in [1.54, 1.807) is 12.1 Å². The molecule has 1 unspecified atom stereocenters. The molecule has 1 saturated heterocycles. The third-order valence-electron chi connectivity index (χ3n) is 2.45. The average Bonchev–Trinajstić information content (AvgIpc) is 2.27. The molecule has 1 fully saturated rings. The molecule has 88 valence electrons. The van der Waals surface area contributed by atoms with Crippen molar-refractivity contribution in [2.45, 2.75) is 18.6 Å². The highest BCUT2D eigenvalue weighted by atomic mass is 79.9. The predicted octanol–water partition coefficient (Wildman–Crippen LogP) is 2.12. The molecule has 2 rings (SSSR count). The summed E-state index contributed by atoms with van der Waals surface area (Å²) in [6.07, 6.45) is -0.432. The lowest BCUT2D eigenvalue weighted by molar-refractivity contribution is -0.0736. The highest BCUT2D eigenvalue weighted by molar-refractivity contribution is 9.10. The van der Waals surface area contributed by atoms with Gasteiger partial charge in [-0.3, -0.25) is 0 Å². The quantitative estimate of drug-likeness (QED) is 0.907. The molecular formula is C11H12BrFO3. The standard InChI is InChI=1S/C11H12BrFO3/c12-8-2-1-7(5-9(8)13)16-11-6-15-4-3-10(11)14/h1-2,5,10-11,14H,3-4,6H2/t10-,11?/m1/s1. The van der Waals surface area contributed by atoms with E-state index in [1.165, 1.54) is 6.07 Å². The fourth-order valence-electron chi connectivity index (χ4n) is 1.54. The minimum absolute atomic E-state index is 0.332. The van der Waals surface area contributed by atoms with Crippen molar-refractivity contribution in [1.29, 1.82) is 0 Å². The molecule has 1 aromatic rings. The average molecular weight is 291 g/mol. The molecule has 1 N–H and O–H groups in total. The second-order valence-corrected chi connectivity index (χ2v) is 4.52. The SMILES string of the molecule is O[C@@H]1CCOCC1Oc1ccc(Br)c(F)c1. The van der Waals surface area contributed by atoms with Gasteiger partial charge in [-0.1, -0.05) is 0 Å². The van der Waals surface area contributed by atoms with Crippen LogP contribution in [0.5, 0.6) is 5.75 Å². The number of hydrogen-bond acceptors (Lipinski definition) is 3. The van der Waals surface area contributed by atoms with E-state index in [4.69, 9.17) is 9.47 Å². The zero-order valence-electron chi connectivity index (χ0n) is 8.53. The summed E-state index contributed by atoms with van der Waals surface area (Å²) in [7, 11) is 0. The normalized spacial score (nSPS) is 25.4. The molecule has 1 aromatic carbocycles. The van der Waals surface area contributed by atoms with Crippen LogP contribution in [0.15, 0.2) is 22.7 Å². The Bertz CT molecular complexity index is 372. The van der Waals surface area contributed by atoms with Crippen LogP contribution < -0.4 is 4.74 Å². The molecule has 1 heterocycles. The Labute approximate surface area is 101 Å². The zero-order valence-corrected chi connectivity index (χ0v) is 10.1. The van der Waals surface area contributed by atoms with Crippen LogP contribution in [0, 0.1) is 5.82 Å². The third-order valence-corrected chi connectivity index (χ3v) is 3.09. The van der Waals surface area contributed by atoms with Gasteiger partial charge in [-0.2, -0.15) is 0 Å². The van der Waals surface area contributed by atoms with E-state index >= 15 is 0 Å². The first-order valence-electron chi connectivity index (χ1n) is 5.04. The van der Waals surface area contributed by atoms with Gasteiger partial charge in [0, 0.05) is 19.1 Å². The van der Waals surface area contributed by atoms with Gasteiger partial charge in [-0.05, 0) is 28.1 Å². The smallest absolute Gasteiger partial charge is 0.148 e. The van der Waals surface area contributed by atoms with Crippen molar-refractivity contribution in [3.8, 4) is 5.75 Å². The van der Waals surface area contributed by atoms with Crippen molar-refractivity contribution in [1.82, 2.24) is 0 Å². The van der Waals surface area contributed by atoms with E-state index in [9.17, 15) is 9.50 Å². The fourth-order valence-corrected chi connectivity index (χ4v) is 1.78. The summed E-state index contributed by atoms with van der Waals surface area (Å²) in [6.45, 7) is 0.870. The number of hydrogen-bond donors (Lipinski definition) is 1. The summed E-state index contributed by atoms with van der Waals surface area (Å²) >= 11 is 3.06. The molecule has 2 atom stereocenters. The number of halogens is 2. The van der Waals surface area contributed by atoms with Crippen molar-refractivity contribution in [3.63, 3.8) is 0 Å². The van der Waals surface area contributed by atoms with Gasteiger partial charge in [0.15, 0.2) is 0 Å². The summed E-state index contributed by atoms with van der Waals surface area (Å²) in [5.41, 5.74) is 0. The maximum absolute atomic E-state index is 13.2. The number of benzene rings is 1. The molecule has 0 bridgehead atoms. The Balaban J connectivity index is 2.05. The molecule has 0 spiro atoms. The predicted molar refractivity (Wildman–Crippen MR) is 60.0 cm³/mol. The second kappa shape index (κ2) is 5.12. The molecule has 0 saturated carbocycles. The Kier molecular flexibility index (Phi) is 3.78. The Hall–Kier alpha value is -0.650. The number of rotatable bonds is 2. The summed E-state index contributed by atoms with van der Waals surface area (Å²) in [5, 5.41) is 9.65. The minimum Gasteiger partial charge on any atom is -0.485 e. The second-order valence-electron chi connectivity index (χ2n) is 3.66. The molecule has 5 heteroatoms. The van der Waals surface area contributed by atoms with Gasteiger partial charge in [-0.25, -0.2) is 4.39 Å². The highest BCUT2D eigenvalue weighted by Crippen LogP contribution is 2.23. The maximum atomic E-state index is 13.2. The molecule has 0 aliphatic carbocycles. The molecule has 3 nitrogen and oxygen atoms in total. The lowest BCUT2D eigenvalue weighted by atomic mass is 10.1. The van der Waals surface area contributed by atoms with E-state index in [1.807, 2.05) is 0 Å². The molecule has 0 radical (unpaired) electrons. The lowest BCUT2D eigenvalue weighted by Crippen LogP contribution is -2.40. The molecule has 1 aliphatic heterocycles. The van der Waals surface area contributed by atoms with Gasteiger partial charge in [0.25, 0.3) is 0 Å². The largest absolute Gasteiger partial charge is 0.485 e. The first-order valence-corrected chi connectivity index (χ1v) is 5.83. The summed E-state index contributed by atoms with van der Waals surface area (Å²) in [6, 6.07) is 4.50. The van der Waals surface area contributed by atoms with Gasteiger partial charge in [0.2, 0.25) is 0 Å². The maximum Gasteiger partial charge on any atom is 0.148 e. The monoisotopic (exact) mass is 290 g/mol. The van der Waals surface area contributed by atoms with Gasteiger partial charge in [0.1, 0.15) is 17.7 Å². The van der Waals surface area contributed by atoms with Crippen LogP contribution in [0.2, 0.25) is 0 Å². The topological polar surface area (TPSA) is 38.7 Å². The van der Waals surface area contributed by atoms with Crippen LogP contribution in [0.1, 0.15) is 6.42 Å². The molecule has 16 heavy (non-hydrogen) atoms. The first kappa shape index (κ1) is 11.8. The van der Waals surface area contributed by atoms with Crippen molar-refractivity contribution in [3.05, 3.63) is 28.5 Å².